The first-order chi connectivity index (χ1) is 17.5. The van der Waals surface area contributed by atoms with Crippen LogP contribution in [0.2, 0.25) is 5.02 Å². The van der Waals surface area contributed by atoms with E-state index in [9.17, 15) is 13.8 Å². The lowest BCUT2D eigenvalue weighted by Crippen LogP contribution is -2.31. The monoisotopic (exact) mass is 514 g/mol. The Morgan fingerprint density at radius 3 is 2.33 bits per heavy atom. The zero-order valence-electron chi connectivity index (χ0n) is 19.3. The smallest absolute Gasteiger partial charge is 0.259 e. The molecule has 1 atom stereocenters. The van der Waals surface area contributed by atoms with Gasteiger partial charge < -0.3 is 10.2 Å². The summed E-state index contributed by atoms with van der Waals surface area (Å²) in [5, 5.41) is 3.55. The zero-order valence-corrected chi connectivity index (χ0v) is 20.9. The molecular formula is C29H23ClN2O3S. The third-order valence-electron chi connectivity index (χ3n) is 6.07. The van der Waals surface area contributed by atoms with E-state index in [2.05, 4.69) is 5.32 Å². The van der Waals surface area contributed by atoms with Crippen LogP contribution >= 0.6 is 11.6 Å². The molecule has 0 saturated heterocycles. The van der Waals surface area contributed by atoms with Crippen molar-refractivity contribution < 1.29 is 13.8 Å². The first-order valence-electron chi connectivity index (χ1n) is 11.5. The van der Waals surface area contributed by atoms with Gasteiger partial charge in [0.2, 0.25) is 0 Å². The highest BCUT2D eigenvalue weighted by Crippen LogP contribution is 2.36. The lowest BCUT2D eigenvalue weighted by molar-refractivity contribution is 0.0950. The van der Waals surface area contributed by atoms with Crippen LogP contribution in [0.15, 0.2) is 107 Å². The second-order valence-electron chi connectivity index (χ2n) is 8.46. The van der Waals surface area contributed by atoms with Gasteiger partial charge >= 0.3 is 0 Å². The van der Waals surface area contributed by atoms with Gasteiger partial charge in [0.05, 0.1) is 38.4 Å². The number of nitrogens with one attached hydrogen (secondary N) is 1. The SMILES string of the molecule is O=C(NCCc1ccccc1)c1ccc2c(c1)N(Cc1ccc(Cl)cc1)C(=O)c1ccccc1[S@]2=O. The minimum absolute atomic E-state index is 0.244. The minimum Gasteiger partial charge on any atom is -0.352 e. The van der Waals surface area contributed by atoms with Crippen molar-refractivity contribution in [3.63, 3.8) is 0 Å². The second kappa shape index (κ2) is 10.5. The summed E-state index contributed by atoms with van der Waals surface area (Å²) in [6.07, 6.45) is 0.706. The Labute approximate surface area is 217 Å². The van der Waals surface area contributed by atoms with Gasteiger partial charge in [-0.05, 0) is 60.0 Å². The molecule has 1 aliphatic rings. The predicted octanol–water partition coefficient (Wildman–Crippen LogP) is 5.64. The Kier molecular flexibility index (Phi) is 6.98. The largest absolute Gasteiger partial charge is 0.352 e. The average Bonchev–Trinajstić information content (AvgIpc) is 2.99. The van der Waals surface area contributed by atoms with Gasteiger partial charge in [-0.15, -0.1) is 0 Å². The Hall–Kier alpha value is -3.74. The standard InChI is InChI=1S/C29H23ClN2O3S/c30-23-13-10-21(11-14-23)19-32-25-18-22(28(33)31-17-16-20-6-2-1-3-7-20)12-15-27(25)36(35)26-9-5-4-8-24(26)29(32)34/h1-15,18H,16-17,19H2,(H,31,33)/t36-/m1/s1. The number of hydrogen-bond acceptors (Lipinski definition) is 3. The maximum atomic E-state index is 13.7. The van der Waals surface area contributed by atoms with E-state index in [4.69, 9.17) is 11.6 Å². The quantitative estimate of drug-likeness (QED) is 0.362. The van der Waals surface area contributed by atoms with Crippen LogP contribution < -0.4 is 10.2 Å². The van der Waals surface area contributed by atoms with E-state index < -0.39 is 10.8 Å². The number of anilines is 1. The fourth-order valence-corrected chi connectivity index (χ4v) is 5.67. The molecule has 0 fully saturated rings. The second-order valence-corrected chi connectivity index (χ2v) is 10.3. The minimum atomic E-state index is -1.58. The molecule has 36 heavy (non-hydrogen) atoms. The Morgan fingerprint density at radius 1 is 0.833 bits per heavy atom. The van der Waals surface area contributed by atoms with Gasteiger partial charge in [0, 0.05) is 17.1 Å². The molecule has 4 aromatic rings. The van der Waals surface area contributed by atoms with Crippen molar-refractivity contribution in [3.05, 3.63) is 124 Å². The Balaban J connectivity index is 1.48. The molecule has 2 amide bonds. The molecule has 0 bridgehead atoms. The van der Waals surface area contributed by atoms with Crippen LogP contribution in [0.4, 0.5) is 5.69 Å². The number of hydrogen-bond donors (Lipinski definition) is 1. The van der Waals surface area contributed by atoms with Crippen LogP contribution in [-0.4, -0.2) is 22.6 Å². The molecule has 0 spiro atoms. The van der Waals surface area contributed by atoms with E-state index in [1.165, 1.54) is 0 Å². The van der Waals surface area contributed by atoms with Crippen molar-refractivity contribution in [2.45, 2.75) is 22.8 Å². The fraction of sp³-hybridized carbons (Fsp3) is 0.103. The van der Waals surface area contributed by atoms with Gasteiger partial charge in [0.15, 0.2) is 0 Å². The molecule has 5 rings (SSSR count). The Morgan fingerprint density at radius 2 is 1.56 bits per heavy atom. The third-order valence-corrected chi connectivity index (χ3v) is 7.82. The van der Waals surface area contributed by atoms with Crippen LogP contribution in [0.25, 0.3) is 0 Å². The van der Waals surface area contributed by atoms with E-state index >= 15 is 0 Å². The van der Waals surface area contributed by atoms with Gasteiger partial charge in [0.1, 0.15) is 0 Å². The summed E-state index contributed by atoms with van der Waals surface area (Å²) in [5.74, 6) is -0.519. The summed E-state index contributed by atoms with van der Waals surface area (Å²) < 4.78 is 13.5. The molecule has 0 saturated carbocycles. The van der Waals surface area contributed by atoms with Crippen molar-refractivity contribution >= 4 is 39.9 Å². The molecule has 0 radical (unpaired) electrons. The van der Waals surface area contributed by atoms with E-state index in [1.807, 2.05) is 42.5 Å². The number of carbonyl (C=O) groups is 2. The predicted molar refractivity (Wildman–Crippen MR) is 142 cm³/mol. The van der Waals surface area contributed by atoms with Crippen molar-refractivity contribution in [2.75, 3.05) is 11.4 Å². The number of rotatable bonds is 6. The first kappa shape index (κ1) is 24.0. The van der Waals surface area contributed by atoms with Crippen LogP contribution in [-0.2, 0) is 23.8 Å². The van der Waals surface area contributed by atoms with E-state index in [0.29, 0.717) is 44.6 Å². The van der Waals surface area contributed by atoms with Crippen molar-refractivity contribution in [1.29, 1.82) is 0 Å². The van der Waals surface area contributed by atoms with E-state index in [1.54, 1.807) is 59.5 Å². The molecule has 4 aromatic carbocycles. The summed E-state index contributed by atoms with van der Waals surface area (Å²) in [4.78, 5) is 29.2. The van der Waals surface area contributed by atoms with Crippen molar-refractivity contribution in [3.8, 4) is 0 Å². The van der Waals surface area contributed by atoms with Crippen LogP contribution in [0.3, 0.4) is 0 Å². The summed E-state index contributed by atoms with van der Waals surface area (Å²) in [6.45, 7) is 0.721. The topological polar surface area (TPSA) is 66.5 Å². The average molecular weight is 515 g/mol. The maximum absolute atomic E-state index is 13.7. The number of halogens is 1. The number of fused-ring (bicyclic) bond motifs is 2. The molecule has 1 heterocycles. The highest BCUT2D eigenvalue weighted by atomic mass is 35.5. The molecule has 1 aliphatic heterocycles. The van der Waals surface area contributed by atoms with E-state index in [0.717, 1.165) is 11.1 Å². The molecule has 5 nitrogen and oxygen atoms in total. The molecule has 0 unspecified atom stereocenters. The highest BCUT2D eigenvalue weighted by molar-refractivity contribution is 7.85. The summed E-state index contributed by atoms with van der Waals surface area (Å²) in [7, 11) is -1.58. The fourth-order valence-electron chi connectivity index (χ4n) is 4.20. The first-order valence-corrected chi connectivity index (χ1v) is 13.1. The van der Waals surface area contributed by atoms with Crippen LogP contribution in [0.1, 0.15) is 31.8 Å². The molecule has 0 aromatic heterocycles. The molecule has 180 valence electrons. The van der Waals surface area contributed by atoms with Gasteiger partial charge in [-0.3, -0.25) is 9.59 Å². The number of carbonyl (C=O) groups excluding carboxylic acids is 2. The summed E-state index contributed by atoms with van der Waals surface area (Å²) in [5.41, 5.74) is 3.24. The third kappa shape index (κ3) is 4.96. The number of amides is 2. The summed E-state index contributed by atoms with van der Waals surface area (Å²) >= 11 is 6.05. The van der Waals surface area contributed by atoms with Crippen LogP contribution in [0, 0.1) is 0 Å². The van der Waals surface area contributed by atoms with Crippen LogP contribution in [0.5, 0.6) is 0 Å². The van der Waals surface area contributed by atoms with E-state index in [-0.39, 0.29) is 18.4 Å². The zero-order chi connectivity index (χ0) is 25.1. The summed E-state index contributed by atoms with van der Waals surface area (Å²) in [6, 6.07) is 29.1. The number of benzene rings is 4. The maximum Gasteiger partial charge on any atom is 0.259 e. The van der Waals surface area contributed by atoms with Gasteiger partial charge in [-0.25, -0.2) is 4.21 Å². The van der Waals surface area contributed by atoms with Crippen molar-refractivity contribution in [2.24, 2.45) is 0 Å². The molecular weight excluding hydrogens is 492 g/mol. The normalized spacial score (nSPS) is 14.5. The number of nitrogens with zero attached hydrogens (tertiary/aromatic N) is 1. The molecule has 7 heteroatoms. The van der Waals surface area contributed by atoms with Gasteiger partial charge in [0.25, 0.3) is 11.8 Å². The molecule has 1 N–H and O–H groups in total. The van der Waals surface area contributed by atoms with Gasteiger partial charge in [-0.1, -0.05) is 66.2 Å². The lowest BCUT2D eigenvalue weighted by atomic mass is 10.1. The van der Waals surface area contributed by atoms with Gasteiger partial charge in [-0.2, -0.15) is 0 Å². The lowest BCUT2D eigenvalue weighted by Gasteiger charge is -2.23. The Bertz CT molecular complexity index is 1460. The highest BCUT2D eigenvalue weighted by Gasteiger charge is 2.31. The van der Waals surface area contributed by atoms with Crippen molar-refractivity contribution in [1.82, 2.24) is 5.32 Å². The molecule has 0 aliphatic carbocycles.